The van der Waals surface area contributed by atoms with Gasteiger partial charge in [-0.1, -0.05) is 0 Å². The second kappa shape index (κ2) is 8.93. The second-order valence-electron chi connectivity index (χ2n) is 4.00. The average Bonchev–Trinajstić information content (AvgIpc) is 2.56. The van der Waals surface area contributed by atoms with Crippen LogP contribution in [0, 0.1) is 0 Å². The number of methoxy groups -OCH3 is 2. The van der Waals surface area contributed by atoms with Crippen LogP contribution >= 0.6 is 11.8 Å². The number of esters is 2. The number of carbonyl (C=O) groups is 3. The van der Waals surface area contributed by atoms with Gasteiger partial charge in [-0.25, -0.2) is 4.79 Å². The Balaban J connectivity index is 2.58. The third-order valence-electron chi connectivity index (χ3n) is 2.62. The summed E-state index contributed by atoms with van der Waals surface area (Å²) in [6.45, 7) is -0.776. The second-order valence-corrected chi connectivity index (χ2v) is 4.87. The fraction of sp³-hybridized carbons (Fsp3) is 0.357. The fourth-order valence-electron chi connectivity index (χ4n) is 1.47. The summed E-state index contributed by atoms with van der Waals surface area (Å²) in [7, 11) is 2.65. The van der Waals surface area contributed by atoms with Crippen LogP contribution in [0.2, 0.25) is 0 Å². The summed E-state index contributed by atoms with van der Waals surface area (Å²) in [5.41, 5.74) is 0.223. The van der Waals surface area contributed by atoms with Gasteiger partial charge < -0.3 is 19.5 Å². The van der Waals surface area contributed by atoms with Gasteiger partial charge in [0, 0.05) is 4.90 Å². The molecule has 1 amide bonds. The monoisotopic (exact) mass is 327 g/mol. The van der Waals surface area contributed by atoms with Gasteiger partial charge in [0.2, 0.25) is 0 Å². The number of carbonyl (C=O) groups excluding carboxylic acids is 3. The van der Waals surface area contributed by atoms with E-state index < -0.39 is 24.5 Å². The number of nitrogens with one attached hydrogen (secondary N) is 1. The van der Waals surface area contributed by atoms with Crippen LogP contribution in [0.4, 0.5) is 0 Å². The lowest BCUT2D eigenvalue weighted by molar-refractivity contribution is -0.141. The zero-order chi connectivity index (χ0) is 16.5. The Bertz CT molecular complexity index is 560. The van der Waals surface area contributed by atoms with Crippen molar-refractivity contribution in [2.75, 3.05) is 33.6 Å². The van der Waals surface area contributed by atoms with Gasteiger partial charge in [-0.2, -0.15) is 0 Å². The molecule has 8 heteroatoms. The third kappa shape index (κ3) is 5.28. The number of hydrogen-bond donors (Lipinski definition) is 1. The molecule has 1 aromatic carbocycles. The highest BCUT2D eigenvalue weighted by atomic mass is 32.2. The van der Waals surface area contributed by atoms with Crippen LogP contribution in [0.25, 0.3) is 0 Å². The molecule has 0 aliphatic heterocycles. The number of ether oxygens (including phenoxy) is 3. The van der Waals surface area contributed by atoms with E-state index in [9.17, 15) is 14.4 Å². The SMILES string of the molecule is COC(=O)CNC(=O)COC(=O)c1ccc(SC)cc1OC. The summed E-state index contributed by atoms with van der Waals surface area (Å²) < 4.78 is 14.4. The van der Waals surface area contributed by atoms with E-state index in [0.29, 0.717) is 5.75 Å². The Morgan fingerprint density at radius 3 is 2.55 bits per heavy atom. The van der Waals surface area contributed by atoms with Crippen LogP contribution in [0.15, 0.2) is 23.1 Å². The first kappa shape index (κ1) is 17.8. The maximum Gasteiger partial charge on any atom is 0.342 e. The van der Waals surface area contributed by atoms with Crippen molar-refractivity contribution in [3.8, 4) is 5.75 Å². The molecule has 0 atom stereocenters. The Hall–Kier alpha value is -2.22. The highest BCUT2D eigenvalue weighted by Gasteiger charge is 2.16. The van der Waals surface area contributed by atoms with E-state index in [1.54, 1.807) is 18.2 Å². The van der Waals surface area contributed by atoms with E-state index in [2.05, 4.69) is 10.1 Å². The minimum atomic E-state index is -0.683. The van der Waals surface area contributed by atoms with Gasteiger partial charge in [0.05, 0.1) is 14.2 Å². The molecule has 0 aromatic heterocycles. The molecule has 0 fully saturated rings. The van der Waals surface area contributed by atoms with Crippen molar-refractivity contribution in [1.29, 1.82) is 0 Å². The first-order chi connectivity index (χ1) is 10.5. The summed E-state index contributed by atoms with van der Waals surface area (Å²) >= 11 is 1.51. The fourth-order valence-corrected chi connectivity index (χ4v) is 1.90. The number of thioether (sulfide) groups is 1. The smallest absolute Gasteiger partial charge is 0.342 e. The van der Waals surface area contributed by atoms with Gasteiger partial charge in [-0.05, 0) is 24.5 Å². The van der Waals surface area contributed by atoms with Gasteiger partial charge in [0.25, 0.3) is 5.91 Å². The molecule has 1 N–H and O–H groups in total. The van der Waals surface area contributed by atoms with Crippen molar-refractivity contribution in [1.82, 2.24) is 5.32 Å². The van der Waals surface area contributed by atoms with Crippen molar-refractivity contribution in [2.45, 2.75) is 4.90 Å². The van der Waals surface area contributed by atoms with Crippen LogP contribution in [-0.4, -0.2) is 51.5 Å². The van der Waals surface area contributed by atoms with E-state index in [1.165, 1.54) is 26.0 Å². The lowest BCUT2D eigenvalue weighted by Crippen LogP contribution is -2.33. The summed E-state index contributed by atoms with van der Waals surface area (Å²) in [5, 5.41) is 2.26. The highest BCUT2D eigenvalue weighted by Crippen LogP contribution is 2.25. The lowest BCUT2D eigenvalue weighted by atomic mass is 10.2. The molecule has 0 saturated heterocycles. The van der Waals surface area contributed by atoms with E-state index >= 15 is 0 Å². The molecule has 120 valence electrons. The molecule has 0 bridgehead atoms. The summed E-state index contributed by atoms with van der Waals surface area (Å²) in [6, 6.07) is 5.03. The number of rotatable bonds is 7. The van der Waals surface area contributed by atoms with Crippen LogP contribution in [0.5, 0.6) is 5.75 Å². The molecule has 0 spiro atoms. The molecule has 7 nitrogen and oxygen atoms in total. The normalized spacial score (nSPS) is 9.77. The van der Waals surface area contributed by atoms with Crippen molar-refractivity contribution in [3.63, 3.8) is 0 Å². The minimum absolute atomic E-state index is 0.223. The first-order valence-electron chi connectivity index (χ1n) is 6.24. The molecule has 0 heterocycles. The van der Waals surface area contributed by atoms with E-state index in [0.717, 1.165) is 4.90 Å². The van der Waals surface area contributed by atoms with Crippen molar-refractivity contribution < 1.29 is 28.6 Å². The Labute approximate surface area is 132 Å². The predicted octanol–water partition coefficient (Wildman–Crippen LogP) is 0.863. The van der Waals surface area contributed by atoms with Crippen molar-refractivity contribution in [3.05, 3.63) is 23.8 Å². The Morgan fingerprint density at radius 2 is 1.95 bits per heavy atom. The molecule has 1 rings (SSSR count). The van der Waals surface area contributed by atoms with Crippen LogP contribution in [0.1, 0.15) is 10.4 Å². The van der Waals surface area contributed by atoms with Crippen LogP contribution in [-0.2, 0) is 19.1 Å². The molecule has 0 unspecified atom stereocenters. The van der Waals surface area contributed by atoms with E-state index in [1.807, 2.05) is 6.26 Å². The predicted molar refractivity (Wildman–Crippen MR) is 80.1 cm³/mol. The molecule has 0 radical (unpaired) electrons. The largest absolute Gasteiger partial charge is 0.496 e. The Kier molecular flexibility index (Phi) is 7.24. The number of hydrogen-bond acceptors (Lipinski definition) is 7. The van der Waals surface area contributed by atoms with Gasteiger partial charge in [0.1, 0.15) is 17.9 Å². The van der Waals surface area contributed by atoms with Crippen LogP contribution in [0.3, 0.4) is 0 Å². The number of amides is 1. The van der Waals surface area contributed by atoms with Gasteiger partial charge in [-0.15, -0.1) is 11.8 Å². The van der Waals surface area contributed by atoms with Gasteiger partial charge in [0.15, 0.2) is 6.61 Å². The standard InChI is InChI=1S/C14H17NO6S/c1-19-11-6-9(22-3)4-5-10(11)14(18)21-8-12(16)15-7-13(17)20-2/h4-6H,7-8H2,1-3H3,(H,15,16). The molecular weight excluding hydrogens is 310 g/mol. The zero-order valence-electron chi connectivity index (χ0n) is 12.5. The lowest BCUT2D eigenvalue weighted by Gasteiger charge is -2.10. The van der Waals surface area contributed by atoms with Gasteiger partial charge in [-0.3, -0.25) is 9.59 Å². The molecule has 0 aliphatic carbocycles. The Morgan fingerprint density at radius 1 is 1.23 bits per heavy atom. The molecule has 1 aromatic rings. The summed E-state index contributed by atoms with van der Waals surface area (Å²) in [4.78, 5) is 35.2. The topological polar surface area (TPSA) is 90.9 Å². The molecule has 0 aliphatic rings. The van der Waals surface area contributed by atoms with E-state index in [4.69, 9.17) is 9.47 Å². The average molecular weight is 327 g/mol. The quantitative estimate of drug-likeness (QED) is 0.587. The van der Waals surface area contributed by atoms with Gasteiger partial charge >= 0.3 is 11.9 Å². The zero-order valence-corrected chi connectivity index (χ0v) is 13.3. The summed E-state index contributed by atoms with van der Waals surface area (Å²) in [5.74, 6) is -1.50. The highest BCUT2D eigenvalue weighted by molar-refractivity contribution is 7.98. The molecular formula is C14H17NO6S. The third-order valence-corrected chi connectivity index (χ3v) is 3.35. The number of benzene rings is 1. The molecule has 22 heavy (non-hydrogen) atoms. The van der Waals surface area contributed by atoms with Crippen molar-refractivity contribution >= 4 is 29.6 Å². The maximum absolute atomic E-state index is 11.9. The maximum atomic E-state index is 11.9. The molecule has 0 saturated carbocycles. The van der Waals surface area contributed by atoms with Crippen molar-refractivity contribution in [2.24, 2.45) is 0 Å². The minimum Gasteiger partial charge on any atom is -0.496 e. The first-order valence-corrected chi connectivity index (χ1v) is 7.47. The summed E-state index contributed by atoms with van der Waals surface area (Å²) in [6.07, 6.45) is 1.90. The van der Waals surface area contributed by atoms with E-state index in [-0.39, 0.29) is 12.1 Å². The van der Waals surface area contributed by atoms with Crippen LogP contribution < -0.4 is 10.1 Å².